The van der Waals surface area contributed by atoms with Crippen molar-refractivity contribution in [2.24, 2.45) is 0 Å². The molecule has 0 heterocycles. The van der Waals surface area contributed by atoms with Crippen molar-refractivity contribution in [3.8, 4) is 0 Å². The van der Waals surface area contributed by atoms with Gasteiger partial charge in [-0.25, -0.2) is 0 Å². The van der Waals surface area contributed by atoms with Gasteiger partial charge in [0.25, 0.3) is 10.1 Å². The number of allylic oxidation sites excluding steroid dienone is 6. The van der Waals surface area contributed by atoms with E-state index in [4.69, 9.17) is 9.05 Å². The quantitative estimate of drug-likeness (QED) is 0.101. The fourth-order valence-electron chi connectivity index (χ4n) is 3.18. The van der Waals surface area contributed by atoms with Crippen LogP contribution in [0.1, 0.15) is 92.9 Å². The summed E-state index contributed by atoms with van der Waals surface area (Å²) in [5.41, 5.74) is 4.07. The molecular weight excluding hydrogens is 435 g/mol. The van der Waals surface area contributed by atoms with Gasteiger partial charge in [-0.05, 0) is 86.5 Å². The Bertz CT molecular complexity index is 738. The first-order valence-corrected chi connectivity index (χ1v) is 14.4. The SMILES string of the molecule is CCOP(=O)(OCC)C(CCCC/C=C(\C)CC/C=C(\C)CCC=C(C)C)S(=O)(=O)O. The minimum Gasteiger partial charge on any atom is -0.308 e. The summed E-state index contributed by atoms with van der Waals surface area (Å²) in [6, 6.07) is 0. The summed E-state index contributed by atoms with van der Waals surface area (Å²) in [6.45, 7) is 11.8. The number of rotatable bonds is 17. The standard InChI is InChI=1S/C23H43O6PS/c1-7-28-30(24,29-8-2)23(31(25,26)27)19-11-9-10-15-21(5)17-13-18-22(6)16-12-14-20(3)4/h14-15,18,23H,7-13,16-17,19H2,1-6H3,(H,25,26,27)/b21-15+,22-18+. The Morgan fingerprint density at radius 2 is 1.35 bits per heavy atom. The minimum atomic E-state index is -4.54. The summed E-state index contributed by atoms with van der Waals surface area (Å²) in [7, 11) is -8.46. The number of hydrogen-bond donors (Lipinski definition) is 1. The molecule has 8 heteroatoms. The van der Waals surface area contributed by atoms with Gasteiger partial charge in [0, 0.05) is 0 Å². The first-order chi connectivity index (χ1) is 14.5. The van der Waals surface area contributed by atoms with Crippen LogP contribution < -0.4 is 0 Å². The third-order valence-corrected chi connectivity index (χ3v) is 9.53. The lowest BCUT2D eigenvalue weighted by atomic mass is 10.1. The van der Waals surface area contributed by atoms with Gasteiger partial charge < -0.3 is 9.05 Å². The van der Waals surface area contributed by atoms with Gasteiger partial charge in [0.05, 0.1) is 13.2 Å². The second kappa shape index (κ2) is 16.0. The number of unbranched alkanes of at least 4 members (excludes halogenated alkanes) is 2. The van der Waals surface area contributed by atoms with E-state index in [1.54, 1.807) is 13.8 Å². The maximum absolute atomic E-state index is 12.8. The van der Waals surface area contributed by atoms with E-state index in [1.165, 1.54) is 16.7 Å². The van der Waals surface area contributed by atoms with Crippen LogP contribution in [0.25, 0.3) is 0 Å². The van der Waals surface area contributed by atoms with Crippen LogP contribution in [0.2, 0.25) is 0 Å². The van der Waals surface area contributed by atoms with Crippen LogP contribution in [0.15, 0.2) is 34.9 Å². The molecule has 0 aromatic rings. The van der Waals surface area contributed by atoms with Crippen molar-refractivity contribution < 1.29 is 26.6 Å². The lowest BCUT2D eigenvalue weighted by Gasteiger charge is -2.23. The minimum absolute atomic E-state index is 0.0383. The monoisotopic (exact) mass is 478 g/mol. The van der Waals surface area contributed by atoms with E-state index in [-0.39, 0.29) is 19.6 Å². The first-order valence-electron chi connectivity index (χ1n) is 11.3. The van der Waals surface area contributed by atoms with E-state index in [1.807, 2.05) is 0 Å². The van der Waals surface area contributed by atoms with Gasteiger partial charge >= 0.3 is 7.60 Å². The molecular formula is C23H43O6PS. The Labute approximate surface area is 190 Å². The zero-order chi connectivity index (χ0) is 23.9. The van der Waals surface area contributed by atoms with E-state index >= 15 is 0 Å². The van der Waals surface area contributed by atoms with E-state index in [0.717, 1.165) is 38.5 Å². The molecule has 0 fully saturated rings. The smallest absolute Gasteiger partial charge is 0.308 e. The molecule has 182 valence electrons. The molecule has 0 amide bonds. The average molecular weight is 479 g/mol. The molecule has 31 heavy (non-hydrogen) atoms. The van der Waals surface area contributed by atoms with Crippen molar-refractivity contribution in [1.29, 1.82) is 0 Å². The second-order valence-electron chi connectivity index (χ2n) is 8.09. The lowest BCUT2D eigenvalue weighted by Crippen LogP contribution is -2.23. The third kappa shape index (κ3) is 14.1. The molecule has 0 radical (unpaired) electrons. The maximum atomic E-state index is 12.8. The Morgan fingerprint density at radius 1 is 0.871 bits per heavy atom. The normalized spacial score (nSPS) is 14.5. The molecule has 0 saturated carbocycles. The molecule has 0 aromatic carbocycles. The van der Waals surface area contributed by atoms with Crippen molar-refractivity contribution in [3.05, 3.63) is 34.9 Å². The molecule has 0 bridgehead atoms. The van der Waals surface area contributed by atoms with Crippen molar-refractivity contribution in [2.45, 2.75) is 97.9 Å². The van der Waals surface area contributed by atoms with Gasteiger partial charge in [0.2, 0.25) is 0 Å². The molecule has 1 unspecified atom stereocenters. The largest absolute Gasteiger partial charge is 0.351 e. The summed E-state index contributed by atoms with van der Waals surface area (Å²) in [5, 5.41) is 0. The molecule has 0 rings (SSSR count). The molecule has 0 aromatic heterocycles. The van der Waals surface area contributed by atoms with Gasteiger partial charge in [-0.2, -0.15) is 8.42 Å². The third-order valence-electron chi connectivity index (χ3n) is 4.84. The van der Waals surface area contributed by atoms with Crippen LogP contribution in [0.3, 0.4) is 0 Å². The predicted octanol–water partition coefficient (Wildman–Crippen LogP) is 7.45. The summed E-state index contributed by atoms with van der Waals surface area (Å²) in [6.07, 6.45) is 13.0. The first kappa shape index (κ1) is 30.3. The highest BCUT2D eigenvalue weighted by Crippen LogP contribution is 2.56. The highest BCUT2D eigenvalue weighted by Gasteiger charge is 2.43. The summed E-state index contributed by atoms with van der Waals surface area (Å²) >= 11 is 0. The molecule has 0 aliphatic rings. The van der Waals surface area contributed by atoms with Gasteiger partial charge in [0.1, 0.15) is 0 Å². The Balaban J connectivity index is 4.54. The Hall–Kier alpha value is -0.720. The van der Waals surface area contributed by atoms with Gasteiger partial charge in [0.15, 0.2) is 4.99 Å². The average Bonchev–Trinajstić information content (AvgIpc) is 2.63. The topological polar surface area (TPSA) is 89.9 Å². The van der Waals surface area contributed by atoms with Crippen molar-refractivity contribution in [1.82, 2.24) is 0 Å². The second-order valence-corrected chi connectivity index (χ2v) is 12.3. The Morgan fingerprint density at radius 3 is 1.81 bits per heavy atom. The predicted molar refractivity (Wildman–Crippen MR) is 130 cm³/mol. The van der Waals surface area contributed by atoms with Crippen molar-refractivity contribution in [3.63, 3.8) is 0 Å². The van der Waals surface area contributed by atoms with E-state index in [9.17, 15) is 17.5 Å². The summed E-state index contributed by atoms with van der Waals surface area (Å²) < 4.78 is 56.2. The highest BCUT2D eigenvalue weighted by molar-refractivity contribution is 7.94. The molecule has 0 saturated heterocycles. The van der Waals surface area contributed by atoms with E-state index in [0.29, 0.717) is 6.42 Å². The van der Waals surface area contributed by atoms with Gasteiger partial charge in [-0.15, -0.1) is 0 Å². The molecule has 0 aliphatic carbocycles. The molecule has 0 spiro atoms. The van der Waals surface area contributed by atoms with Crippen LogP contribution >= 0.6 is 7.60 Å². The van der Waals surface area contributed by atoms with Crippen molar-refractivity contribution >= 4 is 17.7 Å². The lowest BCUT2D eigenvalue weighted by molar-refractivity contribution is 0.215. The van der Waals surface area contributed by atoms with E-state index < -0.39 is 22.7 Å². The van der Waals surface area contributed by atoms with Gasteiger partial charge in [-0.3, -0.25) is 9.12 Å². The summed E-state index contributed by atoms with van der Waals surface area (Å²) in [5.74, 6) is 0. The van der Waals surface area contributed by atoms with Crippen LogP contribution in [-0.4, -0.2) is 31.2 Å². The fourth-order valence-corrected chi connectivity index (χ4v) is 6.94. The molecule has 0 aliphatic heterocycles. The van der Waals surface area contributed by atoms with E-state index in [2.05, 4.69) is 45.9 Å². The molecule has 1 N–H and O–H groups in total. The maximum Gasteiger partial charge on any atom is 0.351 e. The van der Waals surface area contributed by atoms with Crippen LogP contribution in [0.5, 0.6) is 0 Å². The van der Waals surface area contributed by atoms with Crippen LogP contribution in [-0.2, 0) is 23.7 Å². The zero-order valence-electron chi connectivity index (χ0n) is 20.2. The highest BCUT2D eigenvalue weighted by atomic mass is 32.2. The Kier molecular flexibility index (Phi) is 15.6. The molecule has 6 nitrogen and oxygen atoms in total. The van der Waals surface area contributed by atoms with Crippen molar-refractivity contribution in [2.75, 3.05) is 13.2 Å². The van der Waals surface area contributed by atoms with Crippen LogP contribution in [0, 0.1) is 0 Å². The fraction of sp³-hybridized carbons (Fsp3) is 0.739. The molecule has 1 atom stereocenters. The number of hydrogen-bond acceptors (Lipinski definition) is 5. The van der Waals surface area contributed by atoms with Crippen LogP contribution in [0.4, 0.5) is 0 Å². The summed E-state index contributed by atoms with van der Waals surface area (Å²) in [4.78, 5) is -1.54. The zero-order valence-corrected chi connectivity index (χ0v) is 21.9. The van der Waals surface area contributed by atoms with Gasteiger partial charge in [-0.1, -0.05) is 41.4 Å².